The minimum absolute atomic E-state index is 0.139. The van der Waals surface area contributed by atoms with Crippen molar-refractivity contribution in [3.8, 4) is 0 Å². The van der Waals surface area contributed by atoms with Gasteiger partial charge in [-0.3, -0.25) is 10.1 Å². The molecule has 0 N–H and O–H groups in total. The van der Waals surface area contributed by atoms with E-state index in [1.54, 1.807) is 18.2 Å². The van der Waals surface area contributed by atoms with Gasteiger partial charge in [-0.1, -0.05) is 42.5 Å². The van der Waals surface area contributed by atoms with E-state index in [4.69, 9.17) is 4.74 Å². The zero-order chi connectivity index (χ0) is 15.6. The van der Waals surface area contributed by atoms with E-state index in [2.05, 4.69) is 0 Å². The van der Waals surface area contributed by atoms with Gasteiger partial charge in [0.25, 0.3) is 5.69 Å². The van der Waals surface area contributed by atoms with Crippen molar-refractivity contribution in [3.63, 3.8) is 0 Å². The molecule has 1 unspecified atom stereocenters. The van der Waals surface area contributed by atoms with Gasteiger partial charge in [0.2, 0.25) is 0 Å². The average molecular weight is 298 g/mol. The minimum atomic E-state index is -0.469. The third kappa shape index (κ3) is 2.67. The third-order valence-corrected chi connectivity index (χ3v) is 4.08. The summed E-state index contributed by atoms with van der Waals surface area (Å²) in [6, 6.07) is 16.9. The quantitative estimate of drug-likeness (QED) is 0.644. The lowest BCUT2D eigenvalue weighted by molar-refractivity contribution is -0.384. The second kappa shape index (κ2) is 5.77. The maximum Gasteiger partial charge on any atom is 0.292 e. The Morgan fingerprint density at radius 1 is 1.14 bits per heavy atom. The number of benzene rings is 2. The van der Waals surface area contributed by atoms with E-state index in [1.807, 2.05) is 48.2 Å². The summed E-state index contributed by atoms with van der Waals surface area (Å²) in [6.45, 7) is 3.80. The molecule has 2 aromatic rings. The number of hydrogen-bond acceptors (Lipinski definition) is 4. The SMILES string of the molecule is CC1(c2ccccc2)CN(c2ccccc2[N+](=O)[O-])CCO1. The van der Waals surface area contributed by atoms with E-state index in [-0.39, 0.29) is 10.6 Å². The number of anilines is 1. The van der Waals surface area contributed by atoms with Crippen LogP contribution in [0.5, 0.6) is 0 Å². The van der Waals surface area contributed by atoms with Crippen LogP contribution in [0.3, 0.4) is 0 Å². The van der Waals surface area contributed by atoms with Gasteiger partial charge in [-0.15, -0.1) is 0 Å². The molecule has 1 aliphatic rings. The van der Waals surface area contributed by atoms with Crippen molar-refractivity contribution >= 4 is 11.4 Å². The van der Waals surface area contributed by atoms with Crippen molar-refractivity contribution in [2.24, 2.45) is 0 Å². The highest BCUT2D eigenvalue weighted by atomic mass is 16.6. The second-order valence-corrected chi connectivity index (χ2v) is 5.61. The molecule has 1 heterocycles. The van der Waals surface area contributed by atoms with E-state index in [0.717, 1.165) is 5.56 Å². The highest BCUT2D eigenvalue weighted by Crippen LogP contribution is 2.35. The Hall–Kier alpha value is -2.40. The first-order valence-corrected chi connectivity index (χ1v) is 7.28. The van der Waals surface area contributed by atoms with Crippen LogP contribution < -0.4 is 4.90 Å². The molecule has 1 atom stereocenters. The lowest BCUT2D eigenvalue weighted by Crippen LogP contribution is -2.48. The summed E-state index contributed by atoms with van der Waals surface area (Å²) in [5.41, 5.74) is 1.40. The van der Waals surface area contributed by atoms with E-state index < -0.39 is 5.60 Å². The summed E-state index contributed by atoms with van der Waals surface area (Å²) >= 11 is 0. The van der Waals surface area contributed by atoms with Gasteiger partial charge in [0.15, 0.2) is 0 Å². The van der Waals surface area contributed by atoms with Crippen LogP contribution in [0.25, 0.3) is 0 Å². The van der Waals surface area contributed by atoms with E-state index in [9.17, 15) is 10.1 Å². The number of nitro benzene ring substituents is 1. The molecule has 0 spiro atoms. The third-order valence-electron chi connectivity index (χ3n) is 4.08. The standard InChI is InChI=1S/C17H18N2O3/c1-17(14-7-3-2-4-8-14)13-18(11-12-22-17)15-9-5-6-10-16(15)19(20)21/h2-10H,11-13H2,1H3. The topological polar surface area (TPSA) is 55.6 Å². The maximum atomic E-state index is 11.2. The van der Waals surface area contributed by atoms with Gasteiger partial charge in [0.1, 0.15) is 11.3 Å². The molecule has 1 fully saturated rings. The van der Waals surface area contributed by atoms with Gasteiger partial charge in [-0.05, 0) is 18.6 Å². The molecule has 1 aliphatic heterocycles. The van der Waals surface area contributed by atoms with Crippen LogP contribution in [-0.4, -0.2) is 24.6 Å². The minimum Gasteiger partial charge on any atom is -0.367 e. The Kier molecular flexibility index (Phi) is 3.81. The monoisotopic (exact) mass is 298 g/mol. The predicted octanol–water partition coefficient (Wildman–Crippen LogP) is 3.35. The Bertz CT molecular complexity index is 675. The van der Waals surface area contributed by atoms with Gasteiger partial charge in [-0.25, -0.2) is 0 Å². The highest BCUT2D eigenvalue weighted by molar-refractivity contribution is 5.63. The highest BCUT2D eigenvalue weighted by Gasteiger charge is 2.35. The lowest BCUT2D eigenvalue weighted by atomic mass is 9.93. The fourth-order valence-corrected chi connectivity index (χ4v) is 2.93. The molecule has 5 nitrogen and oxygen atoms in total. The van der Waals surface area contributed by atoms with Crippen LogP contribution in [0.15, 0.2) is 54.6 Å². The molecule has 2 aromatic carbocycles. The molecule has 5 heteroatoms. The molecular formula is C17H18N2O3. The number of ether oxygens (including phenoxy) is 1. The smallest absolute Gasteiger partial charge is 0.292 e. The number of morpholine rings is 1. The first-order valence-electron chi connectivity index (χ1n) is 7.28. The largest absolute Gasteiger partial charge is 0.367 e. The number of nitro groups is 1. The van der Waals surface area contributed by atoms with E-state index in [1.165, 1.54) is 0 Å². The molecular weight excluding hydrogens is 280 g/mol. The number of hydrogen-bond donors (Lipinski definition) is 0. The molecule has 1 saturated heterocycles. The van der Waals surface area contributed by atoms with Crippen LogP contribution in [-0.2, 0) is 10.3 Å². The van der Waals surface area contributed by atoms with Crippen molar-refractivity contribution in [1.29, 1.82) is 0 Å². The Morgan fingerprint density at radius 2 is 1.82 bits per heavy atom. The second-order valence-electron chi connectivity index (χ2n) is 5.61. The summed E-state index contributed by atoms with van der Waals surface area (Å²) in [7, 11) is 0. The first-order chi connectivity index (χ1) is 10.6. The molecule has 0 radical (unpaired) electrons. The van der Waals surface area contributed by atoms with Gasteiger partial charge in [0, 0.05) is 12.6 Å². The first kappa shape index (κ1) is 14.5. The Labute approximate surface area is 129 Å². The van der Waals surface area contributed by atoms with Crippen LogP contribution in [0, 0.1) is 10.1 Å². The predicted molar refractivity (Wildman–Crippen MR) is 85.1 cm³/mol. The maximum absolute atomic E-state index is 11.2. The van der Waals surface area contributed by atoms with Crippen molar-refractivity contribution in [2.45, 2.75) is 12.5 Å². The van der Waals surface area contributed by atoms with Crippen molar-refractivity contribution in [2.75, 3.05) is 24.6 Å². The number of para-hydroxylation sites is 2. The van der Waals surface area contributed by atoms with Crippen LogP contribution in [0.1, 0.15) is 12.5 Å². The fourth-order valence-electron chi connectivity index (χ4n) is 2.93. The molecule has 3 rings (SSSR count). The molecule has 0 aliphatic carbocycles. The van der Waals surface area contributed by atoms with Crippen LogP contribution in [0.2, 0.25) is 0 Å². The molecule has 22 heavy (non-hydrogen) atoms. The summed E-state index contributed by atoms with van der Waals surface area (Å²) < 4.78 is 5.99. The van der Waals surface area contributed by atoms with Gasteiger partial charge >= 0.3 is 0 Å². The van der Waals surface area contributed by atoms with E-state index >= 15 is 0 Å². The summed E-state index contributed by atoms with van der Waals surface area (Å²) in [4.78, 5) is 13.0. The molecule has 0 bridgehead atoms. The normalized spacial score (nSPS) is 21.6. The average Bonchev–Trinajstić information content (AvgIpc) is 2.56. The van der Waals surface area contributed by atoms with Gasteiger partial charge in [0.05, 0.1) is 18.1 Å². The molecule has 0 saturated carbocycles. The van der Waals surface area contributed by atoms with Crippen molar-refractivity contribution in [1.82, 2.24) is 0 Å². The van der Waals surface area contributed by atoms with E-state index in [0.29, 0.717) is 25.4 Å². The zero-order valence-corrected chi connectivity index (χ0v) is 12.4. The van der Waals surface area contributed by atoms with Crippen molar-refractivity contribution in [3.05, 3.63) is 70.3 Å². The Morgan fingerprint density at radius 3 is 2.55 bits per heavy atom. The summed E-state index contributed by atoms with van der Waals surface area (Å²) in [5.74, 6) is 0. The van der Waals surface area contributed by atoms with Crippen LogP contribution in [0.4, 0.5) is 11.4 Å². The fraction of sp³-hybridized carbons (Fsp3) is 0.294. The lowest BCUT2D eigenvalue weighted by Gasteiger charge is -2.41. The zero-order valence-electron chi connectivity index (χ0n) is 12.4. The number of nitrogens with zero attached hydrogens (tertiary/aromatic N) is 2. The molecule has 114 valence electrons. The summed E-state index contributed by atoms with van der Waals surface area (Å²) in [5, 5.41) is 11.2. The molecule has 0 amide bonds. The van der Waals surface area contributed by atoms with Crippen molar-refractivity contribution < 1.29 is 9.66 Å². The Balaban J connectivity index is 1.93. The summed E-state index contributed by atoms with van der Waals surface area (Å²) in [6.07, 6.45) is 0. The van der Waals surface area contributed by atoms with Gasteiger partial charge in [-0.2, -0.15) is 0 Å². The number of rotatable bonds is 3. The molecule has 0 aromatic heterocycles. The van der Waals surface area contributed by atoms with Crippen LogP contribution >= 0.6 is 0 Å². The van der Waals surface area contributed by atoms with Gasteiger partial charge < -0.3 is 9.64 Å².